The molecule has 1 aromatic rings. The number of hydrogen-bond acceptors (Lipinski definition) is 3. The SMILES string of the molecule is CCOC(=O)[C@H]1CCCCN1Cc1ccc(F)cc1F. The highest BCUT2D eigenvalue weighted by Gasteiger charge is 2.30. The van der Waals surface area contributed by atoms with Gasteiger partial charge in [-0.1, -0.05) is 12.5 Å². The van der Waals surface area contributed by atoms with Gasteiger partial charge in [0, 0.05) is 18.2 Å². The second-order valence-electron chi connectivity index (χ2n) is 4.97. The molecule has 0 aliphatic carbocycles. The molecule has 0 spiro atoms. The Morgan fingerprint density at radius 1 is 1.40 bits per heavy atom. The van der Waals surface area contributed by atoms with Crippen molar-refractivity contribution in [3.8, 4) is 0 Å². The summed E-state index contributed by atoms with van der Waals surface area (Å²) in [5, 5.41) is 0. The van der Waals surface area contributed by atoms with Gasteiger partial charge in [-0.2, -0.15) is 0 Å². The number of ether oxygens (including phenoxy) is 1. The van der Waals surface area contributed by atoms with Crippen molar-refractivity contribution < 1.29 is 18.3 Å². The fraction of sp³-hybridized carbons (Fsp3) is 0.533. The molecule has 0 bridgehead atoms. The van der Waals surface area contributed by atoms with E-state index in [-0.39, 0.29) is 12.0 Å². The standard InChI is InChI=1S/C15H19F2NO2/c1-2-20-15(19)14-5-3-4-8-18(14)10-11-6-7-12(16)9-13(11)17/h6-7,9,14H,2-5,8,10H2,1H3/t14-/m1/s1. The minimum Gasteiger partial charge on any atom is -0.465 e. The molecule has 0 unspecified atom stereocenters. The Labute approximate surface area is 117 Å². The van der Waals surface area contributed by atoms with Crippen LogP contribution in [-0.4, -0.2) is 30.1 Å². The molecule has 20 heavy (non-hydrogen) atoms. The van der Waals surface area contributed by atoms with Crippen molar-refractivity contribution in [1.82, 2.24) is 4.90 Å². The van der Waals surface area contributed by atoms with E-state index in [1.807, 2.05) is 4.90 Å². The number of nitrogens with zero attached hydrogens (tertiary/aromatic N) is 1. The van der Waals surface area contributed by atoms with E-state index in [0.29, 0.717) is 18.7 Å². The van der Waals surface area contributed by atoms with Gasteiger partial charge in [0.05, 0.1) is 6.61 Å². The maximum Gasteiger partial charge on any atom is 0.323 e. The highest BCUT2D eigenvalue weighted by Crippen LogP contribution is 2.22. The van der Waals surface area contributed by atoms with Gasteiger partial charge in [0.2, 0.25) is 0 Å². The average Bonchev–Trinajstić information content (AvgIpc) is 2.43. The summed E-state index contributed by atoms with van der Waals surface area (Å²) in [7, 11) is 0. The van der Waals surface area contributed by atoms with Crippen LogP contribution in [-0.2, 0) is 16.1 Å². The zero-order valence-electron chi connectivity index (χ0n) is 11.6. The van der Waals surface area contributed by atoms with Gasteiger partial charge in [-0.25, -0.2) is 8.78 Å². The molecule has 3 nitrogen and oxygen atoms in total. The maximum absolute atomic E-state index is 13.7. The van der Waals surface area contributed by atoms with E-state index in [4.69, 9.17) is 4.74 Å². The fourth-order valence-electron chi connectivity index (χ4n) is 2.55. The predicted molar refractivity (Wildman–Crippen MR) is 71.0 cm³/mol. The molecule has 0 saturated carbocycles. The topological polar surface area (TPSA) is 29.5 Å². The molecule has 1 aliphatic heterocycles. The molecule has 1 aromatic carbocycles. The monoisotopic (exact) mass is 283 g/mol. The van der Waals surface area contributed by atoms with Gasteiger partial charge in [-0.3, -0.25) is 9.69 Å². The molecule has 110 valence electrons. The van der Waals surface area contributed by atoms with Crippen LogP contribution in [0.2, 0.25) is 0 Å². The van der Waals surface area contributed by atoms with Gasteiger partial charge in [0.15, 0.2) is 0 Å². The summed E-state index contributed by atoms with van der Waals surface area (Å²) in [5.74, 6) is -1.42. The third-order valence-electron chi connectivity index (χ3n) is 3.56. The lowest BCUT2D eigenvalue weighted by Gasteiger charge is -2.34. The van der Waals surface area contributed by atoms with Crippen LogP contribution < -0.4 is 0 Å². The number of rotatable bonds is 4. The van der Waals surface area contributed by atoms with Crippen molar-refractivity contribution in [3.05, 3.63) is 35.4 Å². The van der Waals surface area contributed by atoms with E-state index in [0.717, 1.165) is 31.9 Å². The molecule has 1 atom stereocenters. The zero-order chi connectivity index (χ0) is 14.5. The molecule has 0 radical (unpaired) electrons. The number of likely N-dealkylation sites (tertiary alicyclic amines) is 1. The molecular formula is C15H19F2NO2. The van der Waals surface area contributed by atoms with Crippen LogP contribution in [0.15, 0.2) is 18.2 Å². The summed E-state index contributed by atoms with van der Waals surface area (Å²) in [5.41, 5.74) is 0.405. The number of carbonyl (C=O) groups is 1. The number of halogens is 2. The number of piperidine rings is 1. The first kappa shape index (κ1) is 14.9. The first-order chi connectivity index (χ1) is 9.61. The van der Waals surface area contributed by atoms with Crippen molar-refractivity contribution >= 4 is 5.97 Å². The largest absolute Gasteiger partial charge is 0.465 e. The van der Waals surface area contributed by atoms with Crippen molar-refractivity contribution in [1.29, 1.82) is 0 Å². The Bertz CT molecular complexity index is 479. The first-order valence-corrected chi connectivity index (χ1v) is 6.96. The minimum atomic E-state index is -0.591. The van der Waals surface area contributed by atoms with Gasteiger partial charge in [0.1, 0.15) is 17.7 Å². The van der Waals surface area contributed by atoms with Crippen LogP contribution in [0.5, 0.6) is 0 Å². The molecule has 0 amide bonds. The molecule has 2 rings (SSSR count). The predicted octanol–water partition coefficient (Wildman–Crippen LogP) is 2.88. The third kappa shape index (κ3) is 3.54. The van der Waals surface area contributed by atoms with E-state index >= 15 is 0 Å². The molecule has 0 aromatic heterocycles. The zero-order valence-corrected chi connectivity index (χ0v) is 11.6. The molecular weight excluding hydrogens is 264 g/mol. The highest BCUT2D eigenvalue weighted by atomic mass is 19.1. The molecule has 5 heteroatoms. The van der Waals surface area contributed by atoms with Crippen LogP contribution in [0.3, 0.4) is 0 Å². The summed E-state index contributed by atoms with van der Waals surface area (Å²) in [4.78, 5) is 13.8. The summed E-state index contributed by atoms with van der Waals surface area (Å²) >= 11 is 0. The molecule has 1 aliphatic rings. The molecule has 1 heterocycles. The summed E-state index contributed by atoms with van der Waals surface area (Å²) in [6, 6.07) is 3.22. The Hall–Kier alpha value is -1.49. The number of benzene rings is 1. The Kier molecular flexibility index (Phi) is 5.06. The van der Waals surface area contributed by atoms with Gasteiger partial charge in [0.25, 0.3) is 0 Å². The second-order valence-corrected chi connectivity index (χ2v) is 4.97. The van der Waals surface area contributed by atoms with Crippen molar-refractivity contribution in [3.63, 3.8) is 0 Å². The van der Waals surface area contributed by atoms with E-state index in [1.165, 1.54) is 12.1 Å². The van der Waals surface area contributed by atoms with Crippen molar-refractivity contribution in [2.45, 2.75) is 38.8 Å². The summed E-state index contributed by atoms with van der Waals surface area (Å²) in [6.07, 6.45) is 2.66. The Balaban J connectivity index is 2.10. The second kappa shape index (κ2) is 6.79. The highest BCUT2D eigenvalue weighted by molar-refractivity contribution is 5.75. The lowest BCUT2D eigenvalue weighted by molar-refractivity contribution is -0.151. The Morgan fingerprint density at radius 2 is 2.20 bits per heavy atom. The average molecular weight is 283 g/mol. The molecule has 0 N–H and O–H groups in total. The number of hydrogen-bond donors (Lipinski definition) is 0. The molecule has 1 fully saturated rings. The number of carbonyl (C=O) groups excluding carboxylic acids is 1. The van der Waals surface area contributed by atoms with Crippen molar-refractivity contribution in [2.75, 3.05) is 13.2 Å². The lowest BCUT2D eigenvalue weighted by atomic mass is 10.0. The van der Waals surface area contributed by atoms with Crippen LogP contribution in [0, 0.1) is 11.6 Å². The van der Waals surface area contributed by atoms with E-state index < -0.39 is 11.6 Å². The first-order valence-electron chi connectivity index (χ1n) is 6.96. The van der Waals surface area contributed by atoms with Gasteiger partial charge in [-0.05, 0) is 32.4 Å². The number of esters is 1. The third-order valence-corrected chi connectivity index (χ3v) is 3.56. The normalized spacial score (nSPS) is 19.9. The summed E-state index contributed by atoms with van der Waals surface area (Å²) in [6.45, 7) is 3.13. The van der Waals surface area contributed by atoms with E-state index in [9.17, 15) is 13.6 Å². The van der Waals surface area contributed by atoms with Crippen LogP contribution in [0.1, 0.15) is 31.7 Å². The van der Waals surface area contributed by atoms with E-state index in [1.54, 1.807) is 6.92 Å². The van der Waals surface area contributed by atoms with Crippen LogP contribution in [0.25, 0.3) is 0 Å². The van der Waals surface area contributed by atoms with Gasteiger partial charge < -0.3 is 4.74 Å². The summed E-state index contributed by atoms with van der Waals surface area (Å²) < 4.78 is 31.7. The molecule has 1 saturated heterocycles. The quantitative estimate of drug-likeness (QED) is 0.796. The van der Waals surface area contributed by atoms with Crippen LogP contribution in [0.4, 0.5) is 8.78 Å². The van der Waals surface area contributed by atoms with Gasteiger partial charge >= 0.3 is 5.97 Å². The van der Waals surface area contributed by atoms with E-state index in [2.05, 4.69) is 0 Å². The smallest absolute Gasteiger partial charge is 0.323 e. The maximum atomic E-state index is 13.7. The van der Waals surface area contributed by atoms with Crippen molar-refractivity contribution in [2.24, 2.45) is 0 Å². The van der Waals surface area contributed by atoms with Crippen LogP contribution >= 0.6 is 0 Å². The minimum absolute atomic E-state index is 0.255. The lowest BCUT2D eigenvalue weighted by Crippen LogP contribution is -2.45. The Morgan fingerprint density at radius 3 is 2.90 bits per heavy atom. The van der Waals surface area contributed by atoms with Gasteiger partial charge in [-0.15, -0.1) is 0 Å². The fourth-order valence-corrected chi connectivity index (χ4v) is 2.55.